The van der Waals surface area contributed by atoms with Gasteiger partial charge in [0, 0.05) is 19.6 Å². The Hall–Kier alpha value is -0.120. The van der Waals surface area contributed by atoms with Crippen LogP contribution in [0, 0.1) is 5.92 Å². The summed E-state index contributed by atoms with van der Waals surface area (Å²) in [5.74, 6) is 0.351. The lowest BCUT2D eigenvalue weighted by atomic mass is 9.73. The van der Waals surface area contributed by atoms with Crippen molar-refractivity contribution in [2.24, 2.45) is 5.92 Å². The SMILES string of the molecule is COC1CCC(O)(C2CCCOC2)CC1. The van der Waals surface area contributed by atoms with Crippen molar-refractivity contribution in [1.82, 2.24) is 0 Å². The molecule has 0 spiro atoms. The number of hydrogen-bond acceptors (Lipinski definition) is 3. The molecule has 0 amide bonds. The molecule has 0 radical (unpaired) electrons. The second kappa shape index (κ2) is 4.81. The summed E-state index contributed by atoms with van der Waals surface area (Å²) in [7, 11) is 1.76. The van der Waals surface area contributed by atoms with Gasteiger partial charge in [0.15, 0.2) is 0 Å². The average Bonchev–Trinajstić information content (AvgIpc) is 2.31. The van der Waals surface area contributed by atoms with Gasteiger partial charge in [0.1, 0.15) is 0 Å². The molecule has 1 unspecified atom stereocenters. The van der Waals surface area contributed by atoms with Gasteiger partial charge < -0.3 is 14.6 Å². The first-order chi connectivity index (χ1) is 7.24. The molecule has 1 N–H and O–H groups in total. The van der Waals surface area contributed by atoms with Crippen molar-refractivity contribution in [2.45, 2.75) is 50.2 Å². The molecule has 1 aliphatic heterocycles. The van der Waals surface area contributed by atoms with E-state index in [0.717, 1.165) is 51.7 Å². The monoisotopic (exact) mass is 214 g/mol. The van der Waals surface area contributed by atoms with E-state index in [2.05, 4.69) is 0 Å². The van der Waals surface area contributed by atoms with Gasteiger partial charge in [-0.1, -0.05) is 0 Å². The van der Waals surface area contributed by atoms with Gasteiger partial charge in [-0.05, 0) is 38.5 Å². The fourth-order valence-electron chi connectivity index (χ4n) is 2.90. The highest BCUT2D eigenvalue weighted by Crippen LogP contribution is 2.38. The smallest absolute Gasteiger partial charge is 0.0699 e. The Bertz CT molecular complexity index is 191. The first-order valence-corrected chi connectivity index (χ1v) is 6.07. The maximum absolute atomic E-state index is 10.6. The summed E-state index contributed by atoms with van der Waals surface area (Å²) in [6, 6.07) is 0. The summed E-state index contributed by atoms with van der Waals surface area (Å²) < 4.78 is 10.8. The molecular weight excluding hydrogens is 192 g/mol. The van der Waals surface area contributed by atoms with Crippen LogP contribution in [0.2, 0.25) is 0 Å². The summed E-state index contributed by atoms with van der Waals surface area (Å²) in [5.41, 5.74) is -0.477. The van der Waals surface area contributed by atoms with E-state index >= 15 is 0 Å². The third-order valence-corrected chi connectivity index (χ3v) is 4.05. The van der Waals surface area contributed by atoms with Crippen LogP contribution in [0.15, 0.2) is 0 Å². The lowest BCUT2D eigenvalue weighted by Gasteiger charge is -2.42. The van der Waals surface area contributed by atoms with Crippen LogP contribution >= 0.6 is 0 Å². The molecule has 15 heavy (non-hydrogen) atoms. The third kappa shape index (κ3) is 2.52. The van der Waals surface area contributed by atoms with Crippen LogP contribution in [0.25, 0.3) is 0 Å². The number of methoxy groups -OCH3 is 1. The van der Waals surface area contributed by atoms with Crippen molar-refractivity contribution >= 4 is 0 Å². The molecule has 2 rings (SSSR count). The zero-order chi connectivity index (χ0) is 10.7. The first-order valence-electron chi connectivity index (χ1n) is 6.07. The van der Waals surface area contributed by atoms with Crippen molar-refractivity contribution in [3.8, 4) is 0 Å². The molecule has 3 heteroatoms. The lowest BCUT2D eigenvalue weighted by Crippen LogP contribution is -2.46. The number of rotatable bonds is 2. The van der Waals surface area contributed by atoms with Gasteiger partial charge in [-0.15, -0.1) is 0 Å². The normalized spacial score (nSPS) is 42.8. The second-order valence-electron chi connectivity index (χ2n) is 4.95. The maximum atomic E-state index is 10.6. The zero-order valence-electron chi connectivity index (χ0n) is 9.58. The maximum Gasteiger partial charge on any atom is 0.0699 e. The van der Waals surface area contributed by atoms with Crippen LogP contribution < -0.4 is 0 Å². The van der Waals surface area contributed by atoms with E-state index < -0.39 is 5.60 Å². The highest BCUT2D eigenvalue weighted by atomic mass is 16.5. The van der Waals surface area contributed by atoms with Gasteiger partial charge in [-0.3, -0.25) is 0 Å². The highest BCUT2D eigenvalue weighted by Gasteiger charge is 2.40. The Labute approximate surface area is 91.8 Å². The fourth-order valence-corrected chi connectivity index (χ4v) is 2.90. The molecule has 2 aliphatic rings. The fraction of sp³-hybridized carbons (Fsp3) is 1.00. The topological polar surface area (TPSA) is 38.7 Å². The average molecular weight is 214 g/mol. The van der Waals surface area contributed by atoms with Crippen LogP contribution in [0.3, 0.4) is 0 Å². The van der Waals surface area contributed by atoms with E-state index in [1.807, 2.05) is 0 Å². The van der Waals surface area contributed by atoms with Crippen LogP contribution in [0.1, 0.15) is 38.5 Å². The predicted molar refractivity (Wildman–Crippen MR) is 57.8 cm³/mol. The van der Waals surface area contributed by atoms with E-state index in [0.29, 0.717) is 12.0 Å². The standard InChI is InChI=1S/C12H22O3/c1-14-11-4-6-12(13,7-5-11)10-3-2-8-15-9-10/h10-11,13H,2-9H2,1H3. The Morgan fingerprint density at radius 1 is 1.27 bits per heavy atom. The van der Waals surface area contributed by atoms with Crippen LogP contribution in [0.4, 0.5) is 0 Å². The molecule has 1 saturated carbocycles. The lowest BCUT2D eigenvalue weighted by molar-refractivity contribution is -0.116. The van der Waals surface area contributed by atoms with Crippen LogP contribution in [-0.2, 0) is 9.47 Å². The van der Waals surface area contributed by atoms with Crippen molar-refractivity contribution in [2.75, 3.05) is 20.3 Å². The Kier molecular flexibility index (Phi) is 3.65. The molecule has 88 valence electrons. The molecule has 2 fully saturated rings. The van der Waals surface area contributed by atoms with E-state index in [1.54, 1.807) is 7.11 Å². The molecule has 1 saturated heterocycles. The van der Waals surface area contributed by atoms with Gasteiger partial charge in [-0.25, -0.2) is 0 Å². The Morgan fingerprint density at radius 3 is 2.53 bits per heavy atom. The van der Waals surface area contributed by atoms with Gasteiger partial charge in [0.05, 0.1) is 18.3 Å². The van der Waals surface area contributed by atoms with Crippen molar-refractivity contribution in [1.29, 1.82) is 0 Å². The minimum absolute atomic E-state index is 0.351. The molecule has 1 aliphatic carbocycles. The minimum atomic E-state index is -0.477. The summed E-state index contributed by atoms with van der Waals surface area (Å²) in [4.78, 5) is 0. The van der Waals surface area contributed by atoms with Gasteiger partial charge in [-0.2, -0.15) is 0 Å². The predicted octanol–water partition coefficient (Wildman–Crippen LogP) is 1.73. The van der Waals surface area contributed by atoms with Crippen molar-refractivity contribution in [3.05, 3.63) is 0 Å². The van der Waals surface area contributed by atoms with E-state index in [-0.39, 0.29) is 0 Å². The molecule has 3 nitrogen and oxygen atoms in total. The Morgan fingerprint density at radius 2 is 2.00 bits per heavy atom. The van der Waals surface area contributed by atoms with Crippen molar-refractivity contribution < 1.29 is 14.6 Å². The van der Waals surface area contributed by atoms with Crippen LogP contribution in [0.5, 0.6) is 0 Å². The number of aliphatic hydroxyl groups is 1. The Balaban J connectivity index is 1.89. The molecule has 0 aromatic carbocycles. The largest absolute Gasteiger partial charge is 0.390 e. The van der Waals surface area contributed by atoms with Gasteiger partial charge in [0.25, 0.3) is 0 Å². The summed E-state index contributed by atoms with van der Waals surface area (Å²) in [5, 5.41) is 10.6. The molecule has 0 bridgehead atoms. The van der Waals surface area contributed by atoms with Gasteiger partial charge in [0.2, 0.25) is 0 Å². The molecule has 1 heterocycles. The summed E-state index contributed by atoms with van der Waals surface area (Å²) >= 11 is 0. The number of hydrogen-bond donors (Lipinski definition) is 1. The number of ether oxygens (including phenoxy) is 2. The van der Waals surface area contributed by atoms with Crippen molar-refractivity contribution in [3.63, 3.8) is 0 Å². The van der Waals surface area contributed by atoms with Gasteiger partial charge >= 0.3 is 0 Å². The van der Waals surface area contributed by atoms with E-state index in [9.17, 15) is 5.11 Å². The van der Waals surface area contributed by atoms with Crippen LogP contribution in [-0.4, -0.2) is 37.1 Å². The summed E-state index contributed by atoms with van der Waals surface area (Å²) in [6.45, 7) is 1.61. The highest BCUT2D eigenvalue weighted by molar-refractivity contribution is 4.92. The molecule has 0 aromatic rings. The third-order valence-electron chi connectivity index (χ3n) is 4.05. The molecule has 0 aromatic heterocycles. The van der Waals surface area contributed by atoms with E-state index in [4.69, 9.17) is 9.47 Å². The molecular formula is C12H22O3. The minimum Gasteiger partial charge on any atom is -0.390 e. The molecule has 1 atom stereocenters. The second-order valence-corrected chi connectivity index (χ2v) is 4.95. The summed E-state index contributed by atoms with van der Waals surface area (Å²) in [6.07, 6.45) is 6.30. The zero-order valence-corrected chi connectivity index (χ0v) is 9.58. The quantitative estimate of drug-likeness (QED) is 0.761. The van der Waals surface area contributed by atoms with E-state index in [1.165, 1.54) is 0 Å². The first kappa shape index (κ1) is 11.4.